The van der Waals surface area contributed by atoms with Crippen LogP contribution in [0.1, 0.15) is 61.8 Å². The van der Waals surface area contributed by atoms with Gasteiger partial charge in [0.15, 0.2) is 0 Å². The van der Waals surface area contributed by atoms with Crippen molar-refractivity contribution >= 4 is 5.97 Å². The van der Waals surface area contributed by atoms with Gasteiger partial charge in [0.25, 0.3) is 0 Å². The van der Waals surface area contributed by atoms with Crippen LogP contribution in [0.4, 0.5) is 0 Å². The highest BCUT2D eigenvalue weighted by molar-refractivity contribution is 5.71. The minimum Gasteiger partial charge on any atom is -0.460 e. The predicted octanol–water partition coefficient (Wildman–Crippen LogP) is 3.78. The molecule has 3 heteroatoms. The molecule has 0 N–H and O–H groups in total. The molecule has 0 aromatic rings. The molecule has 0 radical (unpaired) electrons. The Morgan fingerprint density at radius 2 is 1.63 bits per heavy atom. The number of hydrogen-bond acceptors (Lipinski definition) is 3. The van der Waals surface area contributed by atoms with Crippen molar-refractivity contribution < 1.29 is 9.53 Å². The van der Waals surface area contributed by atoms with Crippen LogP contribution in [0, 0.1) is 0 Å². The van der Waals surface area contributed by atoms with Crippen molar-refractivity contribution in [2.75, 3.05) is 0 Å². The fraction of sp³-hybridized carbons (Fsp3) is 0.812. The van der Waals surface area contributed by atoms with Gasteiger partial charge in [-0.1, -0.05) is 12.2 Å². The first-order valence-electron chi connectivity index (χ1n) is 7.20. The largest absolute Gasteiger partial charge is 0.460 e. The van der Waals surface area contributed by atoms with Crippen LogP contribution in [0.25, 0.3) is 0 Å². The van der Waals surface area contributed by atoms with Gasteiger partial charge in [0.1, 0.15) is 5.60 Å². The Bertz CT molecular complexity index is 292. The van der Waals surface area contributed by atoms with Crippen LogP contribution in [0.5, 0.6) is 0 Å². The van der Waals surface area contributed by atoms with Gasteiger partial charge in [0, 0.05) is 18.1 Å². The highest BCUT2D eigenvalue weighted by atomic mass is 16.6. The van der Waals surface area contributed by atoms with E-state index < -0.39 is 5.60 Å². The third-order valence-electron chi connectivity index (χ3n) is 2.79. The van der Waals surface area contributed by atoms with Gasteiger partial charge in [-0.15, -0.1) is 0 Å². The number of carbonyl (C=O) groups is 1. The van der Waals surface area contributed by atoms with Crippen molar-refractivity contribution in [1.29, 1.82) is 0 Å². The first kappa shape index (κ1) is 18.2. The molecule has 0 aliphatic rings. The van der Waals surface area contributed by atoms with E-state index >= 15 is 0 Å². The fourth-order valence-electron chi connectivity index (χ4n) is 2.41. The van der Waals surface area contributed by atoms with E-state index in [1.807, 2.05) is 33.8 Å². The van der Waals surface area contributed by atoms with E-state index in [1.165, 1.54) is 0 Å². The first-order chi connectivity index (χ1) is 8.58. The summed E-state index contributed by atoms with van der Waals surface area (Å²) in [5, 5.41) is 0. The second-order valence-corrected chi connectivity index (χ2v) is 6.52. The van der Waals surface area contributed by atoms with Crippen molar-refractivity contribution in [3.05, 3.63) is 12.2 Å². The molecule has 3 nitrogen and oxygen atoms in total. The smallest absolute Gasteiger partial charge is 0.308 e. The Labute approximate surface area is 119 Å². The predicted molar refractivity (Wildman–Crippen MR) is 81.2 cm³/mol. The van der Waals surface area contributed by atoms with E-state index in [4.69, 9.17) is 4.74 Å². The van der Waals surface area contributed by atoms with Gasteiger partial charge in [-0.3, -0.25) is 9.69 Å². The topological polar surface area (TPSA) is 29.5 Å². The Morgan fingerprint density at radius 3 is 1.95 bits per heavy atom. The zero-order valence-electron chi connectivity index (χ0n) is 13.9. The lowest BCUT2D eigenvalue weighted by Crippen LogP contribution is -2.45. The van der Waals surface area contributed by atoms with E-state index in [9.17, 15) is 4.79 Å². The molecule has 0 aliphatic carbocycles. The summed E-state index contributed by atoms with van der Waals surface area (Å²) in [6.45, 7) is 16.3. The van der Waals surface area contributed by atoms with Gasteiger partial charge >= 0.3 is 5.97 Å². The average molecular weight is 269 g/mol. The van der Waals surface area contributed by atoms with Crippen LogP contribution in [-0.4, -0.2) is 34.6 Å². The summed E-state index contributed by atoms with van der Waals surface area (Å²) < 4.78 is 5.42. The number of allylic oxidation sites excluding steroid dienone is 1. The van der Waals surface area contributed by atoms with Gasteiger partial charge in [-0.05, 0) is 55.4 Å². The molecule has 0 aromatic heterocycles. The quantitative estimate of drug-likeness (QED) is 0.543. The molecular weight excluding hydrogens is 238 g/mol. The number of ether oxygens (including phenoxy) is 1. The fourth-order valence-corrected chi connectivity index (χ4v) is 2.41. The van der Waals surface area contributed by atoms with Crippen molar-refractivity contribution in [2.24, 2.45) is 0 Å². The Hall–Kier alpha value is -0.830. The summed E-state index contributed by atoms with van der Waals surface area (Å²) in [6.07, 6.45) is 4.49. The molecule has 0 heterocycles. The first-order valence-corrected chi connectivity index (χ1v) is 7.20. The van der Waals surface area contributed by atoms with Gasteiger partial charge in [-0.2, -0.15) is 0 Å². The lowest BCUT2D eigenvalue weighted by atomic mass is 10.1. The minimum absolute atomic E-state index is 0.0971. The monoisotopic (exact) mass is 269 g/mol. The standard InChI is InChI=1S/C16H31NO2/c1-9-10-14(17(12(2)3)13(4)5)11-15(18)19-16(6,7)8/h9-10,12-14H,11H2,1-8H3/b10-9+/t14-/m0/s1. The summed E-state index contributed by atoms with van der Waals surface area (Å²) in [6, 6.07) is 0.882. The maximum atomic E-state index is 12.0. The van der Waals surface area contributed by atoms with E-state index in [-0.39, 0.29) is 12.0 Å². The highest BCUT2D eigenvalue weighted by Gasteiger charge is 2.26. The van der Waals surface area contributed by atoms with Gasteiger partial charge in [-0.25, -0.2) is 0 Å². The molecule has 1 atom stereocenters. The van der Waals surface area contributed by atoms with E-state index in [0.29, 0.717) is 18.5 Å². The lowest BCUT2D eigenvalue weighted by Gasteiger charge is -2.36. The van der Waals surface area contributed by atoms with Crippen LogP contribution in [-0.2, 0) is 9.53 Å². The highest BCUT2D eigenvalue weighted by Crippen LogP contribution is 2.17. The third-order valence-corrected chi connectivity index (χ3v) is 2.79. The molecule has 19 heavy (non-hydrogen) atoms. The van der Waals surface area contributed by atoms with Crippen LogP contribution >= 0.6 is 0 Å². The molecule has 0 aromatic carbocycles. The van der Waals surface area contributed by atoms with Gasteiger partial charge in [0.05, 0.1) is 6.42 Å². The second-order valence-electron chi connectivity index (χ2n) is 6.52. The lowest BCUT2D eigenvalue weighted by molar-refractivity contribution is -0.156. The Balaban J connectivity index is 4.87. The zero-order valence-corrected chi connectivity index (χ0v) is 13.9. The molecule has 0 saturated carbocycles. The van der Waals surface area contributed by atoms with Gasteiger partial charge < -0.3 is 4.74 Å². The summed E-state index contributed by atoms with van der Waals surface area (Å²) in [5.41, 5.74) is -0.419. The summed E-state index contributed by atoms with van der Waals surface area (Å²) in [5.74, 6) is -0.137. The maximum Gasteiger partial charge on any atom is 0.308 e. The van der Waals surface area contributed by atoms with Gasteiger partial charge in [0.2, 0.25) is 0 Å². The van der Waals surface area contributed by atoms with Crippen molar-refractivity contribution in [3.63, 3.8) is 0 Å². The minimum atomic E-state index is -0.419. The molecule has 0 bridgehead atoms. The molecule has 0 unspecified atom stereocenters. The van der Waals surface area contributed by atoms with Crippen LogP contribution in [0.2, 0.25) is 0 Å². The molecule has 0 amide bonds. The van der Waals surface area contributed by atoms with Crippen LogP contribution in [0.3, 0.4) is 0 Å². The van der Waals surface area contributed by atoms with E-state index in [0.717, 1.165) is 0 Å². The number of hydrogen-bond donors (Lipinski definition) is 0. The number of carbonyl (C=O) groups excluding carboxylic acids is 1. The molecule has 0 fully saturated rings. The second kappa shape index (κ2) is 7.68. The molecule has 0 spiro atoms. The summed E-state index contributed by atoms with van der Waals surface area (Å²) in [7, 11) is 0. The van der Waals surface area contributed by atoms with Crippen molar-refractivity contribution in [2.45, 2.75) is 85.5 Å². The van der Waals surface area contributed by atoms with Crippen LogP contribution in [0.15, 0.2) is 12.2 Å². The van der Waals surface area contributed by atoms with Crippen LogP contribution < -0.4 is 0 Å². The average Bonchev–Trinajstić information content (AvgIpc) is 2.12. The Morgan fingerprint density at radius 1 is 1.16 bits per heavy atom. The zero-order chi connectivity index (χ0) is 15.2. The molecule has 0 saturated heterocycles. The number of nitrogens with zero attached hydrogens (tertiary/aromatic N) is 1. The van der Waals surface area contributed by atoms with E-state index in [1.54, 1.807) is 0 Å². The molecular formula is C16H31NO2. The van der Waals surface area contributed by atoms with Crippen molar-refractivity contribution in [1.82, 2.24) is 4.90 Å². The SMILES string of the molecule is C/C=C/[C@@H](CC(=O)OC(C)(C)C)N(C(C)C)C(C)C. The summed E-state index contributed by atoms with van der Waals surface area (Å²) >= 11 is 0. The Kier molecular flexibility index (Phi) is 7.35. The molecule has 112 valence electrons. The van der Waals surface area contributed by atoms with E-state index in [2.05, 4.69) is 38.7 Å². The summed E-state index contributed by atoms with van der Waals surface area (Å²) in [4.78, 5) is 14.3. The molecule has 0 rings (SSSR count). The number of rotatable bonds is 6. The van der Waals surface area contributed by atoms with Crippen molar-refractivity contribution in [3.8, 4) is 0 Å². The normalized spacial score (nSPS) is 14.7. The number of esters is 1. The maximum absolute atomic E-state index is 12.0. The third kappa shape index (κ3) is 7.36. The molecule has 0 aliphatic heterocycles.